The number of benzene rings is 3. The molecule has 10 heteroatoms. The van der Waals surface area contributed by atoms with Gasteiger partial charge in [-0.05, 0) is 18.2 Å². The summed E-state index contributed by atoms with van der Waals surface area (Å²) in [6.45, 7) is 2.18. The van der Waals surface area contributed by atoms with Crippen LogP contribution in [0.2, 0.25) is 0 Å². The van der Waals surface area contributed by atoms with Gasteiger partial charge in [0.05, 0.1) is 16.7 Å². The number of aldehydes is 1. The van der Waals surface area contributed by atoms with Crippen LogP contribution in [0.4, 0.5) is 8.78 Å². The second-order valence-corrected chi connectivity index (χ2v) is 7.84. The van der Waals surface area contributed by atoms with E-state index < -0.39 is 46.6 Å². The van der Waals surface area contributed by atoms with Crippen LogP contribution in [0.5, 0.6) is 23.0 Å². The summed E-state index contributed by atoms with van der Waals surface area (Å²) in [6, 6.07) is 8.29. The van der Waals surface area contributed by atoms with E-state index in [1.165, 1.54) is 18.2 Å². The molecule has 176 valence electrons. The van der Waals surface area contributed by atoms with Crippen LogP contribution in [0.1, 0.15) is 51.3 Å². The Morgan fingerprint density at radius 2 is 1.40 bits per heavy atom. The number of halogens is 2. The normalized spacial score (nSPS) is 14.2. The predicted octanol–water partition coefficient (Wildman–Crippen LogP) is 4.20. The van der Waals surface area contributed by atoms with Gasteiger partial charge < -0.3 is 18.9 Å². The van der Waals surface area contributed by atoms with Gasteiger partial charge in [0, 0.05) is 37.1 Å². The van der Waals surface area contributed by atoms with Gasteiger partial charge in [0.15, 0.2) is 28.7 Å². The number of esters is 3. The van der Waals surface area contributed by atoms with E-state index >= 15 is 0 Å². The summed E-state index contributed by atoms with van der Waals surface area (Å²) in [5, 5.41) is 0. The lowest BCUT2D eigenvalue weighted by Gasteiger charge is -2.36. The first-order chi connectivity index (χ1) is 16.6. The quantitative estimate of drug-likeness (QED) is 0.312. The Balaban J connectivity index is 1.83. The molecule has 0 N–H and O–H groups in total. The number of ether oxygens (including phenoxy) is 4. The zero-order valence-electron chi connectivity index (χ0n) is 18.1. The molecule has 0 saturated heterocycles. The molecule has 8 nitrogen and oxygen atoms in total. The molecule has 0 saturated carbocycles. The van der Waals surface area contributed by atoms with Crippen molar-refractivity contribution in [1.29, 1.82) is 0 Å². The third kappa shape index (κ3) is 3.33. The van der Waals surface area contributed by atoms with E-state index in [0.717, 1.165) is 38.1 Å². The van der Waals surface area contributed by atoms with E-state index in [2.05, 4.69) is 0 Å². The molecule has 3 aromatic carbocycles. The molecule has 35 heavy (non-hydrogen) atoms. The lowest BCUT2D eigenvalue weighted by molar-refractivity contribution is -0.133. The largest absolute Gasteiger partial charge is 0.456 e. The highest BCUT2D eigenvalue weighted by molar-refractivity contribution is 5.98. The molecule has 0 unspecified atom stereocenters. The molecule has 2 aliphatic rings. The molecule has 5 rings (SSSR count). The first-order valence-electron chi connectivity index (χ1n) is 10.2. The Morgan fingerprint density at radius 1 is 0.857 bits per heavy atom. The van der Waals surface area contributed by atoms with Crippen LogP contribution in [0, 0.1) is 11.6 Å². The van der Waals surface area contributed by atoms with Gasteiger partial charge in [0.25, 0.3) is 0 Å². The summed E-state index contributed by atoms with van der Waals surface area (Å²) in [4.78, 5) is 47.0. The van der Waals surface area contributed by atoms with Crippen molar-refractivity contribution in [2.24, 2.45) is 0 Å². The molecule has 3 aromatic rings. The van der Waals surface area contributed by atoms with Crippen LogP contribution in [0.25, 0.3) is 0 Å². The maximum atomic E-state index is 15.0. The molecule has 0 aliphatic carbocycles. The van der Waals surface area contributed by atoms with Gasteiger partial charge in [-0.15, -0.1) is 0 Å². The summed E-state index contributed by atoms with van der Waals surface area (Å²) in [5.74, 6) is -5.34. The third-order valence-electron chi connectivity index (χ3n) is 5.58. The van der Waals surface area contributed by atoms with E-state index in [1.807, 2.05) is 0 Å². The van der Waals surface area contributed by atoms with Gasteiger partial charge in [-0.2, -0.15) is 0 Å². The average molecular weight is 480 g/mol. The van der Waals surface area contributed by atoms with Crippen LogP contribution in [-0.4, -0.2) is 24.2 Å². The first kappa shape index (κ1) is 22.2. The van der Waals surface area contributed by atoms with Crippen LogP contribution in [0.3, 0.4) is 0 Å². The highest BCUT2D eigenvalue weighted by Gasteiger charge is 2.54. The van der Waals surface area contributed by atoms with Crippen molar-refractivity contribution in [3.63, 3.8) is 0 Å². The van der Waals surface area contributed by atoms with Crippen molar-refractivity contribution in [2.45, 2.75) is 19.4 Å². The Bertz CT molecular complexity index is 1410. The molecular formula is C25H14F2O8. The summed E-state index contributed by atoms with van der Waals surface area (Å²) < 4.78 is 51.4. The first-order valence-corrected chi connectivity index (χ1v) is 10.2. The zero-order valence-corrected chi connectivity index (χ0v) is 18.1. The minimum Gasteiger partial charge on any atom is -0.456 e. The van der Waals surface area contributed by atoms with E-state index in [9.17, 15) is 28.0 Å². The molecule has 0 bridgehead atoms. The average Bonchev–Trinajstić information content (AvgIpc) is 3.08. The third-order valence-corrected chi connectivity index (χ3v) is 5.58. The number of rotatable bonds is 3. The highest BCUT2D eigenvalue weighted by atomic mass is 19.1. The molecule has 0 aromatic heterocycles. The van der Waals surface area contributed by atoms with Gasteiger partial charge in [-0.25, -0.2) is 13.6 Å². The van der Waals surface area contributed by atoms with Gasteiger partial charge in [0.1, 0.15) is 17.8 Å². The predicted molar refractivity (Wildman–Crippen MR) is 113 cm³/mol. The molecule has 0 radical (unpaired) electrons. The van der Waals surface area contributed by atoms with Crippen molar-refractivity contribution in [3.05, 3.63) is 81.9 Å². The van der Waals surface area contributed by atoms with E-state index in [1.54, 1.807) is 0 Å². The van der Waals surface area contributed by atoms with Crippen molar-refractivity contribution in [1.82, 2.24) is 0 Å². The monoisotopic (exact) mass is 480 g/mol. The Labute approximate surface area is 196 Å². The minimum atomic E-state index is -1.87. The van der Waals surface area contributed by atoms with Crippen LogP contribution < -0.4 is 14.2 Å². The summed E-state index contributed by atoms with van der Waals surface area (Å²) in [6.07, 6.45) is 0.542. The maximum Gasteiger partial charge on any atom is 0.340 e. The van der Waals surface area contributed by atoms with E-state index in [4.69, 9.17) is 18.9 Å². The van der Waals surface area contributed by atoms with Crippen molar-refractivity contribution in [2.75, 3.05) is 0 Å². The number of carbonyl (C=O) groups is 4. The molecule has 0 fully saturated rings. The standard InChI is InChI=1S/C25H14F2O8/c1-11(29)32-22-8-20-16(6-18(22)26)25(15-4-3-13(10-28)5-14(15)24(31)35-25)17-7-19(27)23(33-12(2)30)9-21(17)34-20/h3-10H,1-2H3. The van der Waals surface area contributed by atoms with Gasteiger partial charge in [-0.3, -0.25) is 14.4 Å². The maximum absolute atomic E-state index is 15.0. The summed E-state index contributed by atoms with van der Waals surface area (Å²) >= 11 is 0. The Morgan fingerprint density at radius 3 is 1.89 bits per heavy atom. The fourth-order valence-corrected chi connectivity index (χ4v) is 4.28. The molecule has 1 spiro atoms. The number of hydrogen-bond donors (Lipinski definition) is 0. The summed E-state index contributed by atoms with van der Waals surface area (Å²) in [7, 11) is 0. The van der Waals surface area contributed by atoms with Crippen LogP contribution in [0.15, 0.2) is 42.5 Å². The lowest BCUT2D eigenvalue weighted by atomic mass is 9.77. The fraction of sp³-hybridized carbons (Fsp3) is 0.120. The molecule has 2 heterocycles. The van der Waals surface area contributed by atoms with Crippen molar-refractivity contribution >= 4 is 24.2 Å². The molecular weight excluding hydrogens is 466 g/mol. The lowest BCUT2D eigenvalue weighted by Crippen LogP contribution is -2.33. The van der Waals surface area contributed by atoms with Gasteiger partial charge in [0.2, 0.25) is 0 Å². The summed E-state index contributed by atoms with van der Waals surface area (Å²) in [5.41, 5.74) is -1.48. The van der Waals surface area contributed by atoms with Crippen molar-refractivity contribution in [3.8, 4) is 23.0 Å². The number of fused-ring (bicyclic) bond motifs is 6. The Hall–Kier alpha value is -4.60. The van der Waals surface area contributed by atoms with Crippen molar-refractivity contribution < 1.29 is 46.9 Å². The molecule has 2 aliphatic heterocycles. The topological polar surface area (TPSA) is 105 Å². The SMILES string of the molecule is CC(=O)Oc1cc2c(cc1F)C1(OC(=O)c3cc(C=O)ccc31)c1cc(F)c(OC(C)=O)cc1O2. The Kier molecular flexibility index (Phi) is 4.90. The number of hydrogen-bond acceptors (Lipinski definition) is 8. The van der Waals surface area contributed by atoms with Gasteiger partial charge in [-0.1, -0.05) is 12.1 Å². The number of carbonyl (C=O) groups excluding carboxylic acids is 4. The second kappa shape index (κ2) is 7.73. The fourth-order valence-electron chi connectivity index (χ4n) is 4.28. The second-order valence-electron chi connectivity index (χ2n) is 7.84. The molecule has 0 amide bonds. The highest BCUT2D eigenvalue weighted by Crippen LogP contribution is 2.57. The van der Waals surface area contributed by atoms with Crippen LogP contribution in [-0.2, 0) is 19.9 Å². The van der Waals surface area contributed by atoms with Gasteiger partial charge >= 0.3 is 17.9 Å². The van der Waals surface area contributed by atoms with E-state index in [0.29, 0.717) is 6.29 Å². The van der Waals surface area contributed by atoms with E-state index in [-0.39, 0.29) is 39.3 Å². The smallest absolute Gasteiger partial charge is 0.340 e. The van der Waals surface area contributed by atoms with Crippen LogP contribution >= 0.6 is 0 Å². The minimum absolute atomic E-state index is 0.0102. The molecule has 0 atom stereocenters. The zero-order chi connectivity index (χ0) is 25.1.